The molecule has 1 amide bonds. The fourth-order valence-corrected chi connectivity index (χ4v) is 2.74. The number of amides is 1. The predicted octanol–water partition coefficient (Wildman–Crippen LogP) is 2.61. The largest absolute Gasteiger partial charge is 0.457 e. The molecule has 0 saturated heterocycles. The molecule has 0 spiro atoms. The Balaban J connectivity index is 1.54. The van der Waals surface area contributed by atoms with Gasteiger partial charge in [-0.25, -0.2) is 4.79 Å². The molecule has 0 aliphatic heterocycles. The number of aryl methyl sites for hydroxylation is 1. The number of nitrogens with one attached hydrogen (secondary N) is 1. The van der Waals surface area contributed by atoms with Crippen LogP contribution >= 0.6 is 0 Å². The summed E-state index contributed by atoms with van der Waals surface area (Å²) < 4.78 is 11.8. The monoisotopic (exact) mass is 367 g/mol. The number of furan rings is 1. The highest BCUT2D eigenvalue weighted by Gasteiger charge is 2.15. The zero-order valence-corrected chi connectivity index (χ0v) is 15.3. The van der Waals surface area contributed by atoms with Crippen molar-refractivity contribution >= 4 is 11.9 Å². The van der Waals surface area contributed by atoms with E-state index in [0.717, 1.165) is 22.5 Å². The van der Waals surface area contributed by atoms with Crippen molar-refractivity contribution in [1.82, 2.24) is 15.1 Å². The first-order chi connectivity index (χ1) is 13.0. The quantitative estimate of drug-likeness (QED) is 0.649. The Hall–Kier alpha value is -3.35. The van der Waals surface area contributed by atoms with Crippen LogP contribution < -0.4 is 5.32 Å². The molecule has 0 aliphatic rings. The van der Waals surface area contributed by atoms with Crippen molar-refractivity contribution in [2.45, 2.75) is 26.9 Å². The topological polar surface area (TPSA) is 86.4 Å². The molecule has 27 heavy (non-hydrogen) atoms. The number of nitrogens with zero attached hydrogens (tertiary/aromatic N) is 2. The molecule has 0 aliphatic carbocycles. The van der Waals surface area contributed by atoms with Gasteiger partial charge in [-0.15, -0.1) is 0 Å². The fraction of sp³-hybridized carbons (Fsp3) is 0.250. The van der Waals surface area contributed by atoms with Crippen molar-refractivity contribution in [2.24, 2.45) is 0 Å². The molecular formula is C20H21N3O4. The molecule has 0 bridgehead atoms. The Kier molecular flexibility index (Phi) is 5.71. The molecule has 0 radical (unpaired) electrons. The van der Waals surface area contributed by atoms with Gasteiger partial charge in [0.15, 0.2) is 6.61 Å². The first-order valence-electron chi connectivity index (χ1n) is 8.58. The van der Waals surface area contributed by atoms with Crippen LogP contribution in [0.15, 0.2) is 53.1 Å². The lowest BCUT2D eigenvalue weighted by Crippen LogP contribution is -2.28. The minimum Gasteiger partial charge on any atom is -0.457 e. The predicted molar refractivity (Wildman–Crippen MR) is 98.1 cm³/mol. The summed E-state index contributed by atoms with van der Waals surface area (Å²) in [5.74, 6) is -0.987. The van der Waals surface area contributed by atoms with E-state index in [1.54, 1.807) is 6.07 Å². The van der Waals surface area contributed by atoms with Gasteiger partial charge in [0.2, 0.25) is 5.76 Å². The highest BCUT2D eigenvalue weighted by atomic mass is 16.5. The Morgan fingerprint density at radius 3 is 2.63 bits per heavy atom. The molecule has 3 rings (SSSR count). The molecule has 140 valence electrons. The third-order valence-corrected chi connectivity index (χ3v) is 4.23. The number of hydrogen-bond acceptors (Lipinski definition) is 5. The van der Waals surface area contributed by atoms with Gasteiger partial charge < -0.3 is 14.5 Å². The summed E-state index contributed by atoms with van der Waals surface area (Å²) in [6.07, 6.45) is 1.37. The molecule has 0 unspecified atom stereocenters. The third kappa shape index (κ3) is 4.63. The van der Waals surface area contributed by atoms with Crippen molar-refractivity contribution in [3.8, 4) is 0 Å². The molecule has 0 saturated carbocycles. The van der Waals surface area contributed by atoms with Crippen LogP contribution in [-0.4, -0.2) is 28.3 Å². The summed E-state index contributed by atoms with van der Waals surface area (Å²) in [5.41, 5.74) is 3.96. The van der Waals surface area contributed by atoms with Gasteiger partial charge in [-0.1, -0.05) is 30.3 Å². The number of rotatable bonds is 7. The van der Waals surface area contributed by atoms with Gasteiger partial charge in [0.05, 0.1) is 18.5 Å². The minimum atomic E-state index is -0.668. The molecule has 3 aromatic rings. The maximum atomic E-state index is 12.0. The van der Waals surface area contributed by atoms with Gasteiger partial charge >= 0.3 is 5.97 Å². The van der Waals surface area contributed by atoms with E-state index < -0.39 is 5.97 Å². The number of carbonyl (C=O) groups excluding carboxylic acids is 2. The Morgan fingerprint density at radius 1 is 1.15 bits per heavy atom. The van der Waals surface area contributed by atoms with E-state index in [4.69, 9.17) is 9.15 Å². The zero-order chi connectivity index (χ0) is 19.2. The number of benzene rings is 1. The standard InChI is InChI=1S/C20H21N3O4/c1-14-17(15(2)23(22-14)12-16-7-4-3-5-8-16)11-21-19(24)13-27-20(25)18-9-6-10-26-18/h3-10H,11-13H2,1-2H3,(H,21,24). The maximum Gasteiger partial charge on any atom is 0.374 e. The van der Waals surface area contributed by atoms with E-state index in [2.05, 4.69) is 10.4 Å². The van der Waals surface area contributed by atoms with E-state index >= 15 is 0 Å². The lowest BCUT2D eigenvalue weighted by molar-refractivity contribution is -0.124. The summed E-state index contributed by atoms with van der Waals surface area (Å²) in [6.45, 7) is 4.51. The Morgan fingerprint density at radius 2 is 1.93 bits per heavy atom. The Bertz CT molecular complexity index is 914. The average Bonchev–Trinajstić information content (AvgIpc) is 3.29. The van der Waals surface area contributed by atoms with Crippen molar-refractivity contribution in [2.75, 3.05) is 6.61 Å². The summed E-state index contributed by atoms with van der Waals surface area (Å²) >= 11 is 0. The molecule has 2 heterocycles. The molecule has 2 aromatic heterocycles. The molecule has 0 atom stereocenters. The van der Waals surface area contributed by atoms with Gasteiger partial charge in [0.1, 0.15) is 0 Å². The zero-order valence-electron chi connectivity index (χ0n) is 15.3. The van der Waals surface area contributed by atoms with Crippen LogP contribution in [-0.2, 0) is 22.6 Å². The van der Waals surface area contributed by atoms with Crippen LogP contribution in [0.5, 0.6) is 0 Å². The summed E-state index contributed by atoms with van der Waals surface area (Å²) in [6, 6.07) is 13.1. The van der Waals surface area contributed by atoms with E-state index in [0.29, 0.717) is 13.1 Å². The molecular weight excluding hydrogens is 346 g/mol. The van der Waals surface area contributed by atoms with Crippen LogP contribution in [0.1, 0.15) is 33.1 Å². The normalized spacial score (nSPS) is 10.6. The van der Waals surface area contributed by atoms with E-state index in [-0.39, 0.29) is 18.3 Å². The maximum absolute atomic E-state index is 12.0. The van der Waals surface area contributed by atoms with Crippen LogP contribution in [0.2, 0.25) is 0 Å². The second-order valence-electron chi connectivity index (χ2n) is 6.12. The minimum absolute atomic E-state index is 0.0664. The summed E-state index contributed by atoms with van der Waals surface area (Å²) in [7, 11) is 0. The number of ether oxygens (including phenoxy) is 1. The van der Waals surface area contributed by atoms with Gasteiger partial charge in [-0.2, -0.15) is 5.10 Å². The first-order valence-corrected chi connectivity index (χ1v) is 8.58. The van der Waals surface area contributed by atoms with Gasteiger partial charge in [0, 0.05) is 17.8 Å². The van der Waals surface area contributed by atoms with Crippen molar-refractivity contribution in [1.29, 1.82) is 0 Å². The third-order valence-electron chi connectivity index (χ3n) is 4.23. The van der Waals surface area contributed by atoms with E-state index in [1.165, 1.54) is 12.3 Å². The second-order valence-corrected chi connectivity index (χ2v) is 6.12. The smallest absolute Gasteiger partial charge is 0.374 e. The first kappa shape index (κ1) is 18.4. The number of carbonyl (C=O) groups is 2. The Labute approximate surface area is 156 Å². The average molecular weight is 367 g/mol. The second kappa shape index (κ2) is 8.35. The van der Waals surface area contributed by atoms with Crippen LogP contribution in [0.4, 0.5) is 0 Å². The number of esters is 1. The highest BCUT2D eigenvalue weighted by Crippen LogP contribution is 2.14. The van der Waals surface area contributed by atoms with Crippen LogP contribution in [0, 0.1) is 13.8 Å². The SMILES string of the molecule is Cc1nn(Cc2ccccc2)c(C)c1CNC(=O)COC(=O)c1ccco1. The molecule has 7 heteroatoms. The highest BCUT2D eigenvalue weighted by molar-refractivity contribution is 5.88. The van der Waals surface area contributed by atoms with Gasteiger partial charge in [-0.3, -0.25) is 9.48 Å². The van der Waals surface area contributed by atoms with Crippen molar-refractivity contribution in [3.05, 3.63) is 77.0 Å². The summed E-state index contributed by atoms with van der Waals surface area (Å²) in [4.78, 5) is 23.6. The van der Waals surface area contributed by atoms with Crippen molar-refractivity contribution < 1.29 is 18.7 Å². The molecule has 0 fully saturated rings. The lowest BCUT2D eigenvalue weighted by Gasteiger charge is -2.08. The van der Waals surface area contributed by atoms with E-state index in [1.807, 2.05) is 48.9 Å². The fourth-order valence-electron chi connectivity index (χ4n) is 2.74. The van der Waals surface area contributed by atoms with Crippen LogP contribution in [0.25, 0.3) is 0 Å². The van der Waals surface area contributed by atoms with Gasteiger partial charge in [0.25, 0.3) is 5.91 Å². The van der Waals surface area contributed by atoms with Gasteiger partial charge in [-0.05, 0) is 31.5 Å². The van der Waals surface area contributed by atoms with Crippen LogP contribution in [0.3, 0.4) is 0 Å². The number of hydrogen-bond donors (Lipinski definition) is 1. The van der Waals surface area contributed by atoms with Crippen molar-refractivity contribution in [3.63, 3.8) is 0 Å². The molecule has 1 aromatic carbocycles. The van der Waals surface area contributed by atoms with E-state index in [9.17, 15) is 9.59 Å². The summed E-state index contributed by atoms with van der Waals surface area (Å²) in [5, 5.41) is 7.32. The number of aromatic nitrogens is 2. The molecule has 7 nitrogen and oxygen atoms in total. The molecule has 1 N–H and O–H groups in total. The lowest BCUT2D eigenvalue weighted by atomic mass is 10.2.